The van der Waals surface area contributed by atoms with Crippen molar-refractivity contribution < 1.29 is 4.39 Å². The summed E-state index contributed by atoms with van der Waals surface area (Å²) in [6, 6.07) is 5.17. The van der Waals surface area contributed by atoms with E-state index in [1.165, 1.54) is 6.07 Å². The Balaban J connectivity index is 2.16. The number of anilines is 1. The van der Waals surface area contributed by atoms with Gasteiger partial charge in [0.25, 0.3) is 0 Å². The third-order valence-electron chi connectivity index (χ3n) is 2.82. The van der Waals surface area contributed by atoms with Gasteiger partial charge in [0, 0.05) is 5.75 Å². The molecule has 17 heavy (non-hydrogen) atoms. The molecule has 1 aliphatic rings. The molecule has 2 atom stereocenters. The first kappa shape index (κ1) is 12.7. The highest BCUT2D eigenvalue weighted by molar-refractivity contribution is 8.14. The number of aliphatic imine (C=N–C) groups is 1. The van der Waals surface area contributed by atoms with E-state index < -0.39 is 5.82 Å². The molecule has 1 N–H and O–H groups in total. The lowest BCUT2D eigenvalue weighted by atomic mass is 10.1. The van der Waals surface area contributed by atoms with Gasteiger partial charge in [-0.05, 0) is 25.0 Å². The van der Waals surface area contributed by atoms with E-state index in [2.05, 4.69) is 24.2 Å². The van der Waals surface area contributed by atoms with Gasteiger partial charge in [0.15, 0.2) is 11.0 Å². The summed E-state index contributed by atoms with van der Waals surface area (Å²) in [6.45, 7) is 4.23. The molecule has 92 valence electrons. The highest BCUT2D eigenvalue weighted by atomic mass is 35.5. The summed E-state index contributed by atoms with van der Waals surface area (Å²) in [5.41, 5.74) is 0.380. The van der Waals surface area contributed by atoms with Crippen LogP contribution in [-0.2, 0) is 0 Å². The Bertz CT molecular complexity index is 450. The maximum atomic E-state index is 13.7. The number of nitrogens with zero attached hydrogens (tertiary/aromatic N) is 1. The molecule has 0 radical (unpaired) electrons. The molecular weight excluding hydrogens is 259 g/mol. The Morgan fingerprint density at radius 3 is 2.94 bits per heavy atom. The fourth-order valence-electron chi connectivity index (χ4n) is 1.48. The molecule has 0 aliphatic carbocycles. The SMILES string of the molecule is CC1CSC(Nc2cccc(Cl)c2F)=NC1C. The second-order valence-corrected chi connectivity index (χ2v) is 5.61. The van der Waals surface area contributed by atoms with E-state index in [0.29, 0.717) is 11.6 Å². The number of hydrogen-bond donors (Lipinski definition) is 1. The van der Waals surface area contributed by atoms with E-state index in [4.69, 9.17) is 11.6 Å². The molecular formula is C12H14ClFN2S. The Morgan fingerprint density at radius 1 is 1.47 bits per heavy atom. The van der Waals surface area contributed by atoms with E-state index in [1.54, 1.807) is 23.9 Å². The van der Waals surface area contributed by atoms with Crippen molar-refractivity contribution in [3.63, 3.8) is 0 Å². The van der Waals surface area contributed by atoms with Crippen LogP contribution in [0.2, 0.25) is 5.02 Å². The number of halogens is 2. The van der Waals surface area contributed by atoms with Crippen molar-refractivity contribution in [2.24, 2.45) is 10.9 Å². The van der Waals surface area contributed by atoms with E-state index >= 15 is 0 Å². The lowest BCUT2D eigenvalue weighted by Crippen LogP contribution is -2.25. The summed E-state index contributed by atoms with van der Waals surface area (Å²) >= 11 is 7.34. The minimum Gasteiger partial charge on any atom is -0.333 e. The largest absolute Gasteiger partial charge is 0.333 e. The molecule has 0 saturated carbocycles. The zero-order valence-electron chi connectivity index (χ0n) is 9.71. The average Bonchev–Trinajstić information content (AvgIpc) is 2.30. The molecule has 1 heterocycles. The Hall–Kier alpha value is -0.740. The van der Waals surface area contributed by atoms with Crippen LogP contribution in [0.15, 0.2) is 23.2 Å². The van der Waals surface area contributed by atoms with Crippen LogP contribution in [-0.4, -0.2) is 17.0 Å². The Kier molecular flexibility index (Phi) is 3.94. The minimum atomic E-state index is -0.427. The van der Waals surface area contributed by atoms with Crippen LogP contribution in [0.5, 0.6) is 0 Å². The molecule has 0 saturated heterocycles. The molecule has 2 unspecified atom stereocenters. The molecule has 1 aromatic rings. The topological polar surface area (TPSA) is 24.4 Å². The molecule has 2 rings (SSSR count). The summed E-state index contributed by atoms with van der Waals surface area (Å²) in [7, 11) is 0. The van der Waals surface area contributed by atoms with Gasteiger partial charge in [-0.3, -0.25) is 4.99 Å². The quantitative estimate of drug-likeness (QED) is 0.835. The second-order valence-electron chi connectivity index (χ2n) is 4.19. The van der Waals surface area contributed by atoms with Gasteiger partial charge in [0.1, 0.15) is 0 Å². The number of thioether (sulfide) groups is 1. The van der Waals surface area contributed by atoms with Gasteiger partial charge in [-0.2, -0.15) is 0 Å². The smallest absolute Gasteiger partial charge is 0.165 e. The number of amidine groups is 1. The van der Waals surface area contributed by atoms with Crippen molar-refractivity contribution in [2.75, 3.05) is 11.1 Å². The molecule has 0 amide bonds. The molecule has 0 bridgehead atoms. The molecule has 5 heteroatoms. The number of rotatable bonds is 1. The molecule has 0 spiro atoms. The van der Waals surface area contributed by atoms with E-state index in [-0.39, 0.29) is 11.1 Å². The highest BCUT2D eigenvalue weighted by Crippen LogP contribution is 2.26. The highest BCUT2D eigenvalue weighted by Gasteiger charge is 2.20. The Labute approximate surface area is 110 Å². The first-order chi connectivity index (χ1) is 8.08. The van der Waals surface area contributed by atoms with Crippen molar-refractivity contribution in [3.8, 4) is 0 Å². The maximum absolute atomic E-state index is 13.7. The molecule has 1 aromatic carbocycles. The van der Waals surface area contributed by atoms with Crippen LogP contribution in [0.3, 0.4) is 0 Å². The zero-order valence-corrected chi connectivity index (χ0v) is 11.3. The number of hydrogen-bond acceptors (Lipinski definition) is 3. The van der Waals surface area contributed by atoms with Crippen LogP contribution >= 0.6 is 23.4 Å². The van der Waals surface area contributed by atoms with Crippen molar-refractivity contribution in [1.82, 2.24) is 0 Å². The summed E-state index contributed by atoms with van der Waals surface area (Å²) in [5.74, 6) is 1.12. The molecule has 1 aliphatic heterocycles. The van der Waals surface area contributed by atoms with Gasteiger partial charge in [-0.1, -0.05) is 36.4 Å². The normalized spacial score (nSPS) is 24.4. The van der Waals surface area contributed by atoms with Crippen LogP contribution in [0.1, 0.15) is 13.8 Å². The monoisotopic (exact) mass is 272 g/mol. The van der Waals surface area contributed by atoms with Crippen molar-refractivity contribution >= 4 is 34.2 Å². The predicted octanol–water partition coefficient (Wildman–Crippen LogP) is 4.02. The molecule has 0 aromatic heterocycles. The van der Waals surface area contributed by atoms with Gasteiger partial charge < -0.3 is 5.32 Å². The van der Waals surface area contributed by atoms with Gasteiger partial charge >= 0.3 is 0 Å². The maximum Gasteiger partial charge on any atom is 0.165 e. The van der Waals surface area contributed by atoms with Gasteiger partial charge in [0.2, 0.25) is 0 Å². The van der Waals surface area contributed by atoms with Crippen LogP contribution < -0.4 is 5.32 Å². The molecule has 2 nitrogen and oxygen atoms in total. The third-order valence-corrected chi connectivity index (χ3v) is 4.29. The number of nitrogens with one attached hydrogen (secondary N) is 1. The van der Waals surface area contributed by atoms with Crippen molar-refractivity contribution in [3.05, 3.63) is 29.0 Å². The first-order valence-electron chi connectivity index (χ1n) is 5.49. The summed E-state index contributed by atoms with van der Waals surface area (Å²) in [4.78, 5) is 4.49. The van der Waals surface area contributed by atoms with Crippen LogP contribution in [0.25, 0.3) is 0 Å². The van der Waals surface area contributed by atoms with Gasteiger partial charge in [-0.15, -0.1) is 0 Å². The minimum absolute atomic E-state index is 0.123. The van der Waals surface area contributed by atoms with E-state index in [9.17, 15) is 4.39 Å². The summed E-state index contributed by atoms with van der Waals surface area (Å²) in [6.07, 6.45) is 0. The number of benzene rings is 1. The van der Waals surface area contributed by atoms with Crippen LogP contribution in [0, 0.1) is 11.7 Å². The van der Waals surface area contributed by atoms with Gasteiger partial charge in [-0.25, -0.2) is 4.39 Å². The lowest BCUT2D eigenvalue weighted by Gasteiger charge is -2.23. The third kappa shape index (κ3) is 2.93. The van der Waals surface area contributed by atoms with Crippen LogP contribution in [0.4, 0.5) is 10.1 Å². The lowest BCUT2D eigenvalue weighted by molar-refractivity contribution is 0.537. The fourth-order valence-corrected chi connectivity index (χ4v) is 2.78. The zero-order chi connectivity index (χ0) is 12.4. The first-order valence-corrected chi connectivity index (χ1v) is 6.86. The van der Waals surface area contributed by atoms with E-state index in [0.717, 1.165) is 10.9 Å². The Morgan fingerprint density at radius 2 is 2.24 bits per heavy atom. The second kappa shape index (κ2) is 5.27. The van der Waals surface area contributed by atoms with E-state index in [1.807, 2.05) is 0 Å². The summed E-state index contributed by atoms with van der Waals surface area (Å²) in [5, 5.41) is 3.88. The van der Waals surface area contributed by atoms with Crippen molar-refractivity contribution in [2.45, 2.75) is 19.9 Å². The van der Waals surface area contributed by atoms with Gasteiger partial charge in [0.05, 0.1) is 16.8 Å². The fraction of sp³-hybridized carbons (Fsp3) is 0.417. The standard InChI is InChI=1S/C12H14ClFN2S/c1-7-6-17-12(15-8(7)2)16-10-5-3-4-9(13)11(10)14/h3-5,7-8H,6H2,1-2H3,(H,15,16). The summed E-state index contributed by atoms with van der Waals surface area (Å²) < 4.78 is 13.7. The molecule has 0 fully saturated rings. The predicted molar refractivity (Wildman–Crippen MR) is 73.6 cm³/mol. The van der Waals surface area contributed by atoms with Crippen molar-refractivity contribution in [1.29, 1.82) is 0 Å². The average molecular weight is 273 g/mol.